The second-order valence-corrected chi connectivity index (χ2v) is 7.68. The van der Waals surface area contributed by atoms with E-state index < -0.39 is 9.84 Å². The highest BCUT2D eigenvalue weighted by molar-refractivity contribution is 7.92. The summed E-state index contributed by atoms with van der Waals surface area (Å²) in [6.07, 6.45) is 2.34. The van der Waals surface area contributed by atoms with Gasteiger partial charge >= 0.3 is 0 Å². The third-order valence-electron chi connectivity index (χ3n) is 4.91. The molecule has 3 rings (SSSR count). The van der Waals surface area contributed by atoms with Gasteiger partial charge in [-0.15, -0.1) is 0 Å². The highest BCUT2D eigenvalue weighted by atomic mass is 32.2. The SMILES string of the molecule is CC1C2CC3CS(=O)(=O)C1C3(C)C2. The maximum absolute atomic E-state index is 11.9. The molecule has 1 heterocycles. The van der Waals surface area contributed by atoms with Gasteiger partial charge < -0.3 is 0 Å². The Morgan fingerprint density at radius 3 is 2.62 bits per heavy atom. The maximum atomic E-state index is 11.9. The standard InChI is InChI=1S/C10H16O2S/c1-6-7-3-8-5-13(11,12)9(6)10(8,2)4-7/h6-9H,3-5H2,1-2H3. The third kappa shape index (κ3) is 0.741. The molecular formula is C10H16O2S. The zero-order valence-electron chi connectivity index (χ0n) is 8.16. The Balaban J connectivity index is 2.21. The fourth-order valence-corrected chi connectivity index (χ4v) is 7.70. The first-order valence-corrected chi connectivity index (χ1v) is 6.88. The molecule has 0 aromatic heterocycles. The average molecular weight is 200 g/mol. The number of rotatable bonds is 0. The van der Waals surface area contributed by atoms with Crippen molar-refractivity contribution in [3.63, 3.8) is 0 Å². The summed E-state index contributed by atoms with van der Waals surface area (Å²) in [5.74, 6) is 2.10. The van der Waals surface area contributed by atoms with Gasteiger partial charge in [0.05, 0.1) is 11.0 Å². The predicted octanol–water partition coefficient (Wildman–Crippen LogP) is 1.47. The molecule has 3 heteroatoms. The van der Waals surface area contributed by atoms with Gasteiger partial charge in [-0.2, -0.15) is 0 Å². The first-order chi connectivity index (χ1) is 5.95. The van der Waals surface area contributed by atoms with Gasteiger partial charge in [-0.25, -0.2) is 8.42 Å². The van der Waals surface area contributed by atoms with E-state index >= 15 is 0 Å². The molecular weight excluding hydrogens is 184 g/mol. The molecule has 1 aliphatic heterocycles. The lowest BCUT2D eigenvalue weighted by Gasteiger charge is -2.31. The van der Waals surface area contributed by atoms with Crippen LogP contribution < -0.4 is 0 Å². The fraction of sp³-hybridized carbons (Fsp3) is 1.00. The first kappa shape index (κ1) is 8.27. The van der Waals surface area contributed by atoms with Gasteiger partial charge in [0.1, 0.15) is 0 Å². The van der Waals surface area contributed by atoms with E-state index in [4.69, 9.17) is 0 Å². The summed E-state index contributed by atoms with van der Waals surface area (Å²) in [5, 5.41) is 0.00347. The van der Waals surface area contributed by atoms with Crippen molar-refractivity contribution >= 4 is 9.84 Å². The van der Waals surface area contributed by atoms with E-state index in [1.54, 1.807) is 0 Å². The van der Waals surface area contributed by atoms with E-state index in [9.17, 15) is 8.42 Å². The zero-order chi connectivity index (χ0) is 9.43. The molecule has 2 bridgehead atoms. The molecule has 0 aromatic rings. The minimum absolute atomic E-state index is 0.00347. The lowest BCUT2D eigenvalue weighted by atomic mass is 9.75. The molecule has 2 saturated carbocycles. The van der Waals surface area contributed by atoms with E-state index in [1.165, 1.54) is 12.8 Å². The van der Waals surface area contributed by atoms with Gasteiger partial charge in [-0.1, -0.05) is 13.8 Å². The number of fused-ring (bicyclic) bond motifs is 1. The fourth-order valence-electron chi connectivity index (χ4n) is 4.43. The number of sulfone groups is 1. The Morgan fingerprint density at radius 2 is 2.08 bits per heavy atom. The van der Waals surface area contributed by atoms with Gasteiger partial charge in [-0.05, 0) is 36.0 Å². The summed E-state index contributed by atoms with van der Waals surface area (Å²) in [4.78, 5) is 0. The third-order valence-corrected chi connectivity index (χ3v) is 7.52. The van der Waals surface area contributed by atoms with Crippen molar-refractivity contribution in [1.29, 1.82) is 0 Å². The van der Waals surface area contributed by atoms with Crippen molar-refractivity contribution in [3.05, 3.63) is 0 Å². The van der Waals surface area contributed by atoms with E-state index in [-0.39, 0.29) is 10.7 Å². The Morgan fingerprint density at radius 1 is 1.38 bits per heavy atom. The summed E-state index contributed by atoms with van der Waals surface area (Å²) in [5.41, 5.74) is 0.156. The zero-order valence-corrected chi connectivity index (χ0v) is 8.97. The monoisotopic (exact) mass is 200 g/mol. The van der Waals surface area contributed by atoms with E-state index in [1.807, 2.05) is 0 Å². The lowest BCUT2D eigenvalue weighted by Crippen LogP contribution is -2.35. The van der Waals surface area contributed by atoms with E-state index in [2.05, 4.69) is 13.8 Å². The van der Waals surface area contributed by atoms with Crippen LogP contribution in [0.5, 0.6) is 0 Å². The molecule has 0 amide bonds. The van der Waals surface area contributed by atoms with Gasteiger partial charge in [0.25, 0.3) is 0 Å². The smallest absolute Gasteiger partial charge is 0.154 e. The van der Waals surface area contributed by atoms with Crippen molar-refractivity contribution in [2.75, 3.05) is 5.75 Å². The Hall–Kier alpha value is -0.0500. The highest BCUT2D eigenvalue weighted by Crippen LogP contribution is 2.66. The Kier molecular flexibility index (Phi) is 1.26. The van der Waals surface area contributed by atoms with Crippen molar-refractivity contribution in [3.8, 4) is 0 Å². The Labute approximate surface area is 79.6 Å². The molecule has 2 nitrogen and oxygen atoms in total. The molecule has 3 aliphatic rings. The normalized spacial score (nSPS) is 61.7. The number of hydrogen-bond donors (Lipinski definition) is 0. The second kappa shape index (κ2) is 1.97. The molecule has 0 N–H and O–H groups in total. The van der Waals surface area contributed by atoms with Crippen LogP contribution >= 0.6 is 0 Å². The summed E-state index contributed by atoms with van der Waals surface area (Å²) in [6.45, 7) is 4.34. The van der Waals surface area contributed by atoms with Crippen molar-refractivity contribution in [2.45, 2.75) is 31.9 Å². The largest absolute Gasteiger partial charge is 0.229 e. The van der Waals surface area contributed by atoms with Crippen molar-refractivity contribution in [1.82, 2.24) is 0 Å². The summed E-state index contributed by atoms with van der Waals surface area (Å²) in [6, 6.07) is 0. The summed E-state index contributed by atoms with van der Waals surface area (Å²) >= 11 is 0. The predicted molar refractivity (Wildman–Crippen MR) is 51.1 cm³/mol. The molecule has 74 valence electrons. The van der Waals surface area contributed by atoms with Crippen molar-refractivity contribution in [2.24, 2.45) is 23.2 Å². The van der Waals surface area contributed by atoms with Crippen LogP contribution in [0.25, 0.3) is 0 Å². The molecule has 5 atom stereocenters. The van der Waals surface area contributed by atoms with Crippen molar-refractivity contribution < 1.29 is 8.42 Å². The molecule has 3 fully saturated rings. The molecule has 2 aliphatic carbocycles. The number of hydrogen-bond acceptors (Lipinski definition) is 2. The van der Waals surface area contributed by atoms with Crippen LogP contribution in [-0.2, 0) is 9.84 Å². The topological polar surface area (TPSA) is 34.1 Å². The van der Waals surface area contributed by atoms with E-state index in [0.29, 0.717) is 23.5 Å². The van der Waals surface area contributed by atoms with Crippen LogP contribution in [-0.4, -0.2) is 19.4 Å². The molecule has 0 aromatic carbocycles. The van der Waals surface area contributed by atoms with Crippen LogP contribution in [0.15, 0.2) is 0 Å². The van der Waals surface area contributed by atoms with Crippen LogP contribution in [0.2, 0.25) is 0 Å². The quantitative estimate of drug-likeness (QED) is 0.593. The van der Waals surface area contributed by atoms with Gasteiger partial charge in [0, 0.05) is 0 Å². The van der Waals surface area contributed by atoms with Gasteiger partial charge in [0.2, 0.25) is 0 Å². The van der Waals surface area contributed by atoms with Crippen LogP contribution in [0.4, 0.5) is 0 Å². The average Bonchev–Trinajstić information content (AvgIpc) is 2.40. The van der Waals surface area contributed by atoms with Gasteiger partial charge in [-0.3, -0.25) is 0 Å². The van der Waals surface area contributed by atoms with Crippen LogP contribution in [0.3, 0.4) is 0 Å². The minimum Gasteiger partial charge on any atom is -0.229 e. The van der Waals surface area contributed by atoms with E-state index in [0.717, 1.165) is 0 Å². The Bertz CT molecular complexity index is 359. The van der Waals surface area contributed by atoms with Crippen LogP contribution in [0.1, 0.15) is 26.7 Å². The van der Waals surface area contributed by atoms with Crippen LogP contribution in [0, 0.1) is 23.2 Å². The first-order valence-electron chi connectivity index (χ1n) is 5.17. The molecule has 5 unspecified atom stereocenters. The summed E-state index contributed by atoms with van der Waals surface area (Å²) in [7, 11) is -2.74. The summed E-state index contributed by atoms with van der Waals surface area (Å²) < 4.78 is 23.8. The molecule has 0 spiro atoms. The van der Waals surface area contributed by atoms with Gasteiger partial charge in [0.15, 0.2) is 9.84 Å². The minimum atomic E-state index is -2.74. The second-order valence-electron chi connectivity index (χ2n) is 5.51. The lowest BCUT2D eigenvalue weighted by molar-refractivity contribution is 0.227. The molecule has 0 radical (unpaired) electrons. The maximum Gasteiger partial charge on any atom is 0.154 e. The molecule has 1 saturated heterocycles. The molecule has 13 heavy (non-hydrogen) atoms. The highest BCUT2D eigenvalue weighted by Gasteiger charge is 2.67.